The number of hydrogen-bond acceptors (Lipinski definition) is 4. The highest BCUT2D eigenvalue weighted by molar-refractivity contribution is 9.10. The van der Waals surface area contributed by atoms with E-state index in [4.69, 9.17) is 0 Å². The summed E-state index contributed by atoms with van der Waals surface area (Å²) < 4.78 is 5.00. The maximum Gasteiger partial charge on any atom is 0.0669 e. The van der Waals surface area contributed by atoms with Gasteiger partial charge in [0.2, 0.25) is 0 Å². The van der Waals surface area contributed by atoms with E-state index in [0.29, 0.717) is 6.04 Å². The number of aromatic nitrogens is 2. The third-order valence-electron chi connectivity index (χ3n) is 2.42. The van der Waals surface area contributed by atoms with Crippen LogP contribution in [-0.2, 0) is 6.42 Å². The van der Waals surface area contributed by atoms with E-state index in [2.05, 4.69) is 55.1 Å². The van der Waals surface area contributed by atoms with Crippen LogP contribution in [0.1, 0.15) is 16.5 Å². The molecule has 16 heavy (non-hydrogen) atoms. The molecule has 0 aliphatic carbocycles. The summed E-state index contributed by atoms with van der Waals surface area (Å²) in [6.45, 7) is 0. The highest BCUT2D eigenvalue weighted by Gasteiger charge is 2.12. The van der Waals surface area contributed by atoms with Crippen LogP contribution in [0.5, 0.6) is 0 Å². The van der Waals surface area contributed by atoms with Crippen LogP contribution in [0.4, 0.5) is 0 Å². The van der Waals surface area contributed by atoms with Gasteiger partial charge in [0.25, 0.3) is 0 Å². The van der Waals surface area contributed by atoms with Crippen LogP contribution in [0.25, 0.3) is 0 Å². The highest BCUT2D eigenvalue weighted by atomic mass is 79.9. The van der Waals surface area contributed by atoms with Gasteiger partial charge in [-0.2, -0.15) is 0 Å². The summed E-state index contributed by atoms with van der Waals surface area (Å²) >= 11 is 4.88. The predicted molar refractivity (Wildman–Crippen MR) is 69.6 cm³/mol. The van der Waals surface area contributed by atoms with Crippen molar-refractivity contribution in [2.45, 2.75) is 12.5 Å². The SMILES string of the molecule is CNC(Cc1ccc(Br)cc1)c1cnns1. The average molecular weight is 298 g/mol. The largest absolute Gasteiger partial charge is 0.312 e. The van der Waals surface area contributed by atoms with E-state index in [1.165, 1.54) is 22.0 Å². The Kier molecular flexibility index (Phi) is 4.04. The van der Waals surface area contributed by atoms with Gasteiger partial charge in [-0.3, -0.25) is 0 Å². The molecule has 1 aromatic heterocycles. The van der Waals surface area contributed by atoms with Crippen molar-refractivity contribution in [2.24, 2.45) is 0 Å². The molecule has 1 N–H and O–H groups in total. The molecule has 84 valence electrons. The lowest BCUT2D eigenvalue weighted by Crippen LogP contribution is -2.17. The molecule has 0 saturated heterocycles. The summed E-state index contributed by atoms with van der Waals surface area (Å²) in [5, 5.41) is 7.15. The topological polar surface area (TPSA) is 37.8 Å². The third kappa shape index (κ3) is 2.87. The minimum absolute atomic E-state index is 0.293. The van der Waals surface area contributed by atoms with E-state index in [1.54, 1.807) is 0 Å². The fourth-order valence-electron chi connectivity index (χ4n) is 1.53. The third-order valence-corrected chi connectivity index (χ3v) is 3.73. The van der Waals surface area contributed by atoms with Gasteiger partial charge in [0, 0.05) is 10.5 Å². The summed E-state index contributed by atoms with van der Waals surface area (Å²) in [7, 11) is 1.96. The van der Waals surface area contributed by atoms with Crippen molar-refractivity contribution < 1.29 is 0 Å². The Labute approximate surface area is 107 Å². The Bertz CT molecular complexity index is 427. The number of nitrogens with zero attached hydrogens (tertiary/aromatic N) is 2. The minimum Gasteiger partial charge on any atom is -0.312 e. The summed E-state index contributed by atoms with van der Waals surface area (Å²) in [5.41, 5.74) is 1.30. The van der Waals surface area contributed by atoms with Crippen molar-refractivity contribution in [2.75, 3.05) is 7.05 Å². The average Bonchev–Trinajstić information content (AvgIpc) is 2.82. The lowest BCUT2D eigenvalue weighted by Gasteiger charge is -2.13. The number of benzene rings is 1. The maximum atomic E-state index is 3.89. The fraction of sp³-hybridized carbons (Fsp3) is 0.273. The van der Waals surface area contributed by atoms with Crippen LogP contribution in [0.2, 0.25) is 0 Å². The lowest BCUT2D eigenvalue weighted by atomic mass is 10.1. The Morgan fingerprint density at radius 2 is 2.12 bits per heavy atom. The number of hydrogen-bond donors (Lipinski definition) is 1. The van der Waals surface area contributed by atoms with Crippen LogP contribution in [-0.4, -0.2) is 16.6 Å². The second kappa shape index (κ2) is 5.52. The molecule has 5 heteroatoms. The van der Waals surface area contributed by atoms with Crippen LogP contribution < -0.4 is 5.32 Å². The van der Waals surface area contributed by atoms with E-state index < -0.39 is 0 Å². The monoisotopic (exact) mass is 297 g/mol. The van der Waals surface area contributed by atoms with Crippen molar-refractivity contribution in [3.8, 4) is 0 Å². The zero-order valence-corrected chi connectivity index (χ0v) is 11.3. The van der Waals surface area contributed by atoms with Crippen molar-refractivity contribution in [1.29, 1.82) is 0 Å². The lowest BCUT2D eigenvalue weighted by molar-refractivity contribution is 0.601. The number of rotatable bonds is 4. The van der Waals surface area contributed by atoms with E-state index in [-0.39, 0.29) is 0 Å². The van der Waals surface area contributed by atoms with E-state index in [9.17, 15) is 0 Å². The molecule has 0 bridgehead atoms. The van der Waals surface area contributed by atoms with Crippen LogP contribution in [0, 0.1) is 0 Å². The van der Waals surface area contributed by atoms with Gasteiger partial charge < -0.3 is 5.32 Å². The van der Waals surface area contributed by atoms with E-state index in [0.717, 1.165) is 10.9 Å². The quantitative estimate of drug-likeness (QED) is 0.943. The molecular weight excluding hydrogens is 286 g/mol. The standard InChI is InChI=1S/C11H12BrN3S/c1-13-10(11-7-14-15-16-11)6-8-2-4-9(12)5-3-8/h2-5,7,10,13H,6H2,1H3. The summed E-state index contributed by atoms with van der Waals surface area (Å²) in [4.78, 5) is 1.17. The zero-order chi connectivity index (χ0) is 11.4. The van der Waals surface area contributed by atoms with Crippen LogP contribution in [0.15, 0.2) is 34.9 Å². The Hall–Kier alpha value is -0.780. The Morgan fingerprint density at radius 1 is 1.38 bits per heavy atom. The second-order valence-corrected chi connectivity index (χ2v) is 5.22. The summed E-state index contributed by atoms with van der Waals surface area (Å²) in [6, 6.07) is 8.67. The second-order valence-electron chi connectivity index (χ2n) is 3.49. The van der Waals surface area contributed by atoms with Crippen LogP contribution >= 0.6 is 27.5 Å². The molecule has 2 aromatic rings. The number of nitrogens with one attached hydrogen (secondary N) is 1. The van der Waals surface area contributed by atoms with Gasteiger partial charge in [0.15, 0.2) is 0 Å². The molecule has 1 aromatic carbocycles. The van der Waals surface area contributed by atoms with Gasteiger partial charge in [-0.05, 0) is 42.7 Å². The van der Waals surface area contributed by atoms with Crippen molar-refractivity contribution in [3.63, 3.8) is 0 Å². The van der Waals surface area contributed by atoms with Gasteiger partial charge in [-0.25, -0.2) is 0 Å². The van der Waals surface area contributed by atoms with Gasteiger partial charge >= 0.3 is 0 Å². The molecule has 0 aliphatic heterocycles. The minimum atomic E-state index is 0.293. The first-order chi connectivity index (χ1) is 7.79. The van der Waals surface area contributed by atoms with Gasteiger partial charge in [-0.15, -0.1) is 5.10 Å². The molecule has 0 fully saturated rings. The molecular formula is C11H12BrN3S. The first kappa shape index (κ1) is 11.7. The fourth-order valence-corrected chi connectivity index (χ4v) is 2.41. The molecule has 0 spiro atoms. The van der Waals surface area contributed by atoms with Crippen molar-refractivity contribution in [3.05, 3.63) is 45.4 Å². The molecule has 0 aliphatic rings. The molecule has 1 heterocycles. The summed E-state index contributed by atoms with van der Waals surface area (Å²) in [5.74, 6) is 0. The molecule has 2 rings (SSSR count). The van der Waals surface area contributed by atoms with Gasteiger partial charge in [0.05, 0.1) is 11.1 Å². The first-order valence-electron chi connectivity index (χ1n) is 4.98. The first-order valence-corrected chi connectivity index (χ1v) is 6.55. The van der Waals surface area contributed by atoms with E-state index >= 15 is 0 Å². The number of halogens is 1. The predicted octanol–water partition coefficient (Wildman–Crippen LogP) is 2.80. The molecule has 0 saturated carbocycles. The zero-order valence-electron chi connectivity index (χ0n) is 8.85. The summed E-state index contributed by atoms with van der Waals surface area (Å²) in [6.07, 6.45) is 2.78. The van der Waals surface area contributed by atoms with Crippen molar-refractivity contribution in [1.82, 2.24) is 14.9 Å². The number of likely N-dealkylation sites (N-methyl/N-ethyl adjacent to an activating group) is 1. The molecule has 3 nitrogen and oxygen atoms in total. The molecule has 0 radical (unpaired) electrons. The Morgan fingerprint density at radius 3 is 2.69 bits per heavy atom. The normalized spacial score (nSPS) is 12.6. The smallest absolute Gasteiger partial charge is 0.0669 e. The van der Waals surface area contributed by atoms with Crippen molar-refractivity contribution >= 4 is 27.5 Å². The van der Waals surface area contributed by atoms with Gasteiger partial charge in [0.1, 0.15) is 0 Å². The maximum absolute atomic E-state index is 3.89. The van der Waals surface area contributed by atoms with Crippen LogP contribution in [0.3, 0.4) is 0 Å². The van der Waals surface area contributed by atoms with Gasteiger partial charge in [-0.1, -0.05) is 32.6 Å². The molecule has 1 atom stereocenters. The molecule has 1 unspecified atom stereocenters. The Balaban J connectivity index is 2.10. The molecule has 0 amide bonds. The highest BCUT2D eigenvalue weighted by Crippen LogP contribution is 2.21. The van der Waals surface area contributed by atoms with E-state index in [1.807, 2.05) is 13.2 Å².